The Morgan fingerprint density at radius 2 is 2.00 bits per heavy atom. The average Bonchev–Trinajstić information content (AvgIpc) is 3.11. The summed E-state index contributed by atoms with van der Waals surface area (Å²) in [6.07, 6.45) is 2.85. The Bertz CT molecular complexity index is 907. The first-order valence-electron chi connectivity index (χ1n) is 8.07. The highest BCUT2D eigenvalue weighted by Crippen LogP contribution is 2.34. The number of fused-ring (bicyclic) bond motifs is 3. The summed E-state index contributed by atoms with van der Waals surface area (Å²) >= 11 is 1.55. The molecule has 1 aliphatic carbocycles. The molecule has 0 spiro atoms. The summed E-state index contributed by atoms with van der Waals surface area (Å²) in [5, 5.41) is 0.616. The van der Waals surface area contributed by atoms with Crippen molar-refractivity contribution in [2.75, 3.05) is 27.7 Å². The van der Waals surface area contributed by atoms with E-state index in [-0.39, 0.29) is 12.1 Å². The molecule has 8 heteroatoms. The number of methoxy groups -OCH3 is 1. The van der Waals surface area contributed by atoms with Crippen LogP contribution in [-0.2, 0) is 35.5 Å². The van der Waals surface area contributed by atoms with Gasteiger partial charge < -0.3 is 9.64 Å². The molecule has 24 heavy (non-hydrogen) atoms. The first-order chi connectivity index (χ1) is 11.4. The van der Waals surface area contributed by atoms with Crippen LogP contribution < -0.4 is 16.1 Å². The molecule has 0 saturated carbocycles. The summed E-state index contributed by atoms with van der Waals surface area (Å²) in [6.45, 7) is 0.927. The number of hydrogen-bond acceptors (Lipinski definition) is 5. The van der Waals surface area contributed by atoms with Crippen molar-refractivity contribution in [3.05, 3.63) is 31.3 Å². The number of carbonyl (C=O) groups is 1. The fourth-order valence-electron chi connectivity index (χ4n) is 3.12. The summed E-state index contributed by atoms with van der Waals surface area (Å²) in [5.74, 6) is -0.592. The molecule has 2 aromatic rings. The van der Waals surface area contributed by atoms with Gasteiger partial charge in [0.15, 0.2) is 0 Å². The second kappa shape index (κ2) is 6.52. The number of esters is 1. The van der Waals surface area contributed by atoms with Crippen LogP contribution in [0, 0.1) is 0 Å². The number of rotatable bonds is 5. The molecule has 0 atom stereocenters. The summed E-state index contributed by atoms with van der Waals surface area (Å²) in [5.41, 5.74) is 0.261. The molecule has 0 aliphatic heterocycles. The van der Waals surface area contributed by atoms with Gasteiger partial charge in [-0.3, -0.25) is 14.2 Å². The van der Waals surface area contributed by atoms with Gasteiger partial charge in [-0.1, -0.05) is 0 Å². The van der Waals surface area contributed by atoms with Gasteiger partial charge in [-0.15, -0.1) is 11.3 Å². The van der Waals surface area contributed by atoms with Crippen LogP contribution >= 0.6 is 11.3 Å². The van der Waals surface area contributed by atoms with Crippen LogP contribution in [0.1, 0.15) is 16.9 Å². The number of hydrogen-bond donors (Lipinski definition) is 1. The van der Waals surface area contributed by atoms with Gasteiger partial charge in [-0.25, -0.2) is 9.36 Å². The molecule has 0 radical (unpaired) electrons. The number of likely N-dealkylation sites (N-methyl/N-ethyl adjacent to an activating group) is 1. The maximum absolute atomic E-state index is 12.9. The van der Waals surface area contributed by atoms with Crippen LogP contribution in [0.15, 0.2) is 9.59 Å². The Hall–Kier alpha value is -1.93. The zero-order valence-corrected chi connectivity index (χ0v) is 15.0. The van der Waals surface area contributed by atoms with Crippen LogP contribution in [0.5, 0.6) is 0 Å². The highest BCUT2D eigenvalue weighted by atomic mass is 32.1. The molecule has 2 heterocycles. The van der Waals surface area contributed by atoms with E-state index < -0.39 is 11.7 Å². The Kier molecular flexibility index (Phi) is 4.60. The van der Waals surface area contributed by atoms with Gasteiger partial charge in [-0.2, -0.15) is 0 Å². The highest BCUT2D eigenvalue weighted by molar-refractivity contribution is 7.18. The summed E-state index contributed by atoms with van der Waals surface area (Å²) < 4.78 is 7.31. The van der Waals surface area contributed by atoms with E-state index in [1.807, 2.05) is 14.1 Å². The minimum Gasteiger partial charge on any atom is -0.468 e. The molecule has 0 unspecified atom stereocenters. The van der Waals surface area contributed by atoms with Gasteiger partial charge >= 0.3 is 11.7 Å². The van der Waals surface area contributed by atoms with Gasteiger partial charge in [0.1, 0.15) is 11.4 Å². The molecular formula is C16H22N3O4S+. The molecule has 0 fully saturated rings. The number of carbonyl (C=O) groups excluding carboxylic acids is 1. The van der Waals surface area contributed by atoms with Crippen LogP contribution in [0.3, 0.4) is 0 Å². The third kappa shape index (κ3) is 2.80. The first kappa shape index (κ1) is 16.9. The normalized spacial score (nSPS) is 13.7. The Morgan fingerprint density at radius 3 is 2.67 bits per heavy atom. The number of nitrogens with zero attached hydrogens (tertiary/aromatic N) is 2. The summed E-state index contributed by atoms with van der Waals surface area (Å²) in [6, 6.07) is 0. The van der Waals surface area contributed by atoms with E-state index in [1.54, 1.807) is 15.9 Å². The predicted molar refractivity (Wildman–Crippen MR) is 92.1 cm³/mol. The number of ether oxygens (including phenoxy) is 1. The van der Waals surface area contributed by atoms with Crippen LogP contribution in [-0.4, -0.2) is 42.9 Å². The standard InChI is InChI=1S/C16H21N3O4S/c1-17(2)7-8-18-15-13(10-5-4-6-11(10)24-15)14(21)19(16(18)22)9-12(20)23-3/h4-9H2,1-3H3/p+1. The molecule has 0 aromatic carbocycles. The lowest BCUT2D eigenvalue weighted by atomic mass is 10.2. The summed E-state index contributed by atoms with van der Waals surface area (Å²) in [7, 11) is 5.28. The van der Waals surface area contributed by atoms with Crippen molar-refractivity contribution in [1.82, 2.24) is 9.13 Å². The number of nitrogens with one attached hydrogen (secondary N) is 1. The van der Waals surface area contributed by atoms with Gasteiger partial charge in [-0.05, 0) is 24.8 Å². The second-order valence-corrected chi connectivity index (χ2v) is 7.48. The third-order valence-corrected chi connectivity index (χ3v) is 5.73. The first-order valence-corrected chi connectivity index (χ1v) is 8.89. The molecular weight excluding hydrogens is 330 g/mol. The zero-order chi connectivity index (χ0) is 17.4. The van der Waals surface area contributed by atoms with Crippen molar-refractivity contribution in [3.8, 4) is 0 Å². The zero-order valence-electron chi connectivity index (χ0n) is 14.2. The predicted octanol–water partition coefficient (Wildman–Crippen LogP) is -0.969. The monoisotopic (exact) mass is 352 g/mol. The SMILES string of the molecule is COC(=O)Cn1c(=O)c2c3c(sc2n(CC[NH+](C)C)c1=O)CCC3. The van der Waals surface area contributed by atoms with E-state index in [0.29, 0.717) is 11.9 Å². The quantitative estimate of drug-likeness (QED) is 0.703. The Labute approximate surface area is 143 Å². The Morgan fingerprint density at radius 1 is 1.25 bits per heavy atom. The third-order valence-electron chi connectivity index (χ3n) is 4.42. The van der Waals surface area contributed by atoms with Crippen molar-refractivity contribution in [1.29, 1.82) is 0 Å². The molecule has 130 valence electrons. The van der Waals surface area contributed by atoms with Crippen molar-refractivity contribution < 1.29 is 14.4 Å². The molecule has 3 rings (SSSR count). The number of aryl methyl sites for hydroxylation is 2. The van der Waals surface area contributed by atoms with E-state index in [2.05, 4.69) is 4.74 Å². The second-order valence-electron chi connectivity index (χ2n) is 6.40. The number of quaternary nitrogens is 1. The van der Waals surface area contributed by atoms with Crippen molar-refractivity contribution in [3.63, 3.8) is 0 Å². The van der Waals surface area contributed by atoms with Crippen LogP contribution in [0.25, 0.3) is 10.2 Å². The largest absolute Gasteiger partial charge is 0.468 e. The minimum atomic E-state index is -0.592. The molecule has 0 saturated heterocycles. The van der Waals surface area contributed by atoms with Crippen molar-refractivity contribution in [2.24, 2.45) is 0 Å². The maximum Gasteiger partial charge on any atom is 0.332 e. The molecule has 7 nitrogen and oxygen atoms in total. The van der Waals surface area contributed by atoms with E-state index in [9.17, 15) is 14.4 Å². The van der Waals surface area contributed by atoms with E-state index >= 15 is 0 Å². The van der Waals surface area contributed by atoms with Gasteiger partial charge in [0.05, 0.1) is 39.7 Å². The van der Waals surface area contributed by atoms with Crippen LogP contribution in [0.2, 0.25) is 0 Å². The molecule has 2 aromatic heterocycles. The smallest absolute Gasteiger partial charge is 0.332 e. The van der Waals surface area contributed by atoms with Crippen molar-refractivity contribution >= 4 is 27.5 Å². The maximum atomic E-state index is 12.9. The van der Waals surface area contributed by atoms with Gasteiger partial charge in [0, 0.05) is 4.88 Å². The fraction of sp³-hybridized carbons (Fsp3) is 0.562. The number of thiophene rings is 1. The molecule has 0 amide bonds. The van der Waals surface area contributed by atoms with Crippen molar-refractivity contribution in [2.45, 2.75) is 32.4 Å². The lowest BCUT2D eigenvalue weighted by molar-refractivity contribution is -0.858. The molecule has 0 bridgehead atoms. The van der Waals surface area contributed by atoms with E-state index in [1.165, 1.54) is 16.9 Å². The lowest BCUT2D eigenvalue weighted by Gasteiger charge is -2.13. The van der Waals surface area contributed by atoms with Crippen LogP contribution in [0.4, 0.5) is 0 Å². The van der Waals surface area contributed by atoms with Gasteiger partial charge in [0.2, 0.25) is 0 Å². The minimum absolute atomic E-state index is 0.344. The van der Waals surface area contributed by atoms with E-state index in [4.69, 9.17) is 0 Å². The average molecular weight is 352 g/mol. The van der Waals surface area contributed by atoms with E-state index in [0.717, 1.165) is 40.8 Å². The van der Waals surface area contributed by atoms with Gasteiger partial charge in [0.25, 0.3) is 5.56 Å². The topological polar surface area (TPSA) is 74.7 Å². The molecule has 1 aliphatic rings. The molecule has 1 N–H and O–H groups in total. The Balaban J connectivity index is 2.25. The number of aromatic nitrogens is 2. The summed E-state index contributed by atoms with van der Waals surface area (Å²) in [4.78, 5) is 40.5. The lowest BCUT2D eigenvalue weighted by Crippen LogP contribution is -3.06. The highest BCUT2D eigenvalue weighted by Gasteiger charge is 2.25. The fourth-order valence-corrected chi connectivity index (χ4v) is 4.52.